The van der Waals surface area contributed by atoms with Gasteiger partial charge in [-0.2, -0.15) is 21.0 Å². The van der Waals surface area contributed by atoms with Crippen LogP contribution in [0.3, 0.4) is 0 Å². The summed E-state index contributed by atoms with van der Waals surface area (Å²) in [6.45, 7) is 0. The molecule has 13 heteroatoms. The van der Waals surface area contributed by atoms with Crippen molar-refractivity contribution in [2.24, 2.45) is 0 Å². The van der Waals surface area contributed by atoms with Crippen molar-refractivity contribution < 1.29 is 21.9 Å². The quantitative estimate of drug-likeness (QED) is 0.231. The number of nitriles is 4. The lowest BCUT2D eigenvalue weighted by atomic mass is 9.93. The Bertz CT molecular complexity index is 1760. The van der Waals surface area contributed by atoms with E-state index in [0.717, 1.165) is 12.5 Å². The van der Waals surface area contributed by atoms with Crippen molar-refractivity contribution in [3.05, 3.63) is 94.6 Å². The van der Waals surface area contributed by atoms with Gasteiger partial charge < -0.3 is 5.11 Å². The molecular weight excluding hydrogens is 540 g/mol. The van der Waals surface area contributed by atoms with Crippen LogP contribution in [0.1, 0.15) is 11.1 Å². The van der Waals surface area contributed by atoms with Gasteiger partial charge in [0.05, 0.1) is 29.7 Å². The molecule has 2 aromatic rings. The summed E-state index contributed by atoms with van der Waals surface area (Å²) in [5.74, 6) is -0.411. The minimum Gasteiger partial charge on any atom is -0.506 e. The van der Waals surface area contributed by atoms with E-state index in [2.05, 4.69) is 9.44 Å². The largest absolute Gasteiger partial charge is 0.506 e. The number of allylic oxidation sites excluding steroid dienone is 7. The maximum absolute atomic E-state index is 11.4. The molecule has 3 N–H and O–H groups in total. The third-order valence-electron chi connectivity index (χ3n) is 4.70. The molecule has 0 saturated heterocycles. The minimum atomic E-state index is -3.53. The summed E-state index contributed by atoms with van der Waals surface area (Å²) in [7, 11) is -7.03. The molecule has 0 radical (unpaired) electrons. The average molecular weight is 561 g/mol. The molecule has 0 bridgehead atoms. The number of sulfonamides is 2. The van der Waals surface area contributed by atoms with Crippen LogP contribution < -0.4 is 9.44 Å². The first-order valence-corrected chi connectivity index (χ1v) is 14.4. The molecule has 0 aromatic heterocycles. The van der Waals surface area contributed by atoms with Gasteiger partial charge in [0.2, 0.25) is 20.0 Å². The van der Waals surface area contributed by atoms with Gasteiger partial charge in [-0.3, -0.25) is 9.44 Å². The first-order valence-electron chi connectivity index (χ1n) is 10.6. The molecule has 0 heterocycles. The summed E-state index contributed by atoms with van der Waals surface area (Å²) >= 11 is 0. The number of nitrogens with zero attached hydrogens (tertiary/aromatic N) is 4. The van der Waals surface area contributed by atoms with Crippen LogP contribution in [0.15, 0.2) is 83.5 Å². The molecule has 0 fully saturated rings. The summed E-state index contributed by atoms with van der Waals surface area (Å²) in [6, 6.07) is 18.5. The maximum Gasteiger partial charge on any atom is 0.229 e. The number of aliphatic hydroxyl groups excluding tert-OH is 1. The first kappa shape index (κ1) is 29.9. The van der Waals surface area contributed by atoms with Gasteiger partial charge in [-0.05, 0) is 54.1 Å². The Labute approximate surface area is 226 Å². The number of nitrogens with one attached hydrogen (secondary N) is 2. The second-order valence-electron chi connectivity index (χ2n) is 7.80. The van der Waals surface area contributed by atoms with Gasteiger partial charge in [-0.25, -0.2) is 16.8 Å². The van der Waals surface area contributed by atoms with E-state index in [-0.39, 0.29) is 44.8 Å². The molecule has 2 aromatic carbocycles. The van der Waals surface area contributed by atoms with Gasteiger partial charge >= 0.3 is 0 Å². The Kier molecular flexibility index (Phi) is 9.78. The topological polar surface area (TPSA) is 208 Å². The summed E-state index contributed by atoms with van der Waals surface area (Å²) in [6.07, 6.45) is 5.70. The highest BCUT2D eigenvalue weighted by Gasteiger charge is 2.15. The van der Waals surface area contributed by atoms with E-state index in [1.807, 2.05) is 12.1 Å². The molecule has 39 heavy (non-hydrogen) atoms. The Morgan fingerprint density at radius 2 is 1.21 bits per heavy atom. The number of rotatable bonds is 9. The first-order chi connectivity index (χ1) is 18.3. The number of anilines is 2. The highest BCUT2D eigenvalue weighted by molar-refractivity contribution is 7.92. The van der Waals surface area contributed by atoms with Gasteiger partial charge in [0, 0.05) is 22.5 Å². The second kappa shape index (κ2) is 12.8. The number of aliphatic hydroxyl groups is 1. The van der Waals surface area contributed by atoms with E-state index in [0.29, 0.717) is 0 Å². The fraction of sp³-hybridized carbons (Fsp3) is 0.0769. The van der Waals surface area contributed by atoms with Gasteiger partial charge in [-0.1, -0.05) is 18.2 Å². The highest BCUT2D eigenvalue weighted by atomic mass is 32.2. The fourth-order valence-corrected chi connectivity index (χ4v) is 4.27. The van der Waals surface area contributed by atoms with Crippen molar-refractivity contribution in [2.75, 3.05) is 22.0 Å². The highest BCUT2D eigenvalue weighted by Crippen LogP contribution is 2.28. The molecule has 0 spiro atoms. The molecule has 0 unspecified atom stereocenters. The lowest BCUT2D eigenvalue weighted by Gasteiger charge is -2.09. The van der Waals surface area contributed by atoms with Crippen molar-refractivity contribution in [1.29, 1.82) is 21.0 Å². The molecule has 0 aliphatic heterocycles. The van der Waals surface area contributed by atoms with E-state index in [1.165, 1.54) is 66.8 Å². The van der Waals surface area contributed by atoms with Crippen LogP contribution in [-0.2, 0) is 20.0 Å². The summed E-state index contributed by atoms with van der Waals surface area (Å²) in [4.78, 5) is 0. The van der Waals surface area contributed by atoms with Crippen molar-refractivity contribution in [3.63, 3.8) is 0 Å². The Morgan fingerprint density at radius 1 is 0.744 bits per heavy atom. The summed E-state index contributed by atoms with van der Waals surface area (Å²) < 4.78 is 50.1. The predicted octanol–water partition coefficient (Wildman–Crippen LogP) is 3.73. The third-order valence-corrected chi connectivity index (χ3v) is 5.92. The Balaban J connectivity index is 2.48. The van der Waals surface area contributed by atoms with E-state index < -0.39 is 25.8 Å². The standard InChI is InChI=1S/C26H20N6O5S2/c1-38(34,35)31-23-10-6-18(7-11-23)25(22(16-29)17-30)20(14-27)4-3-5-21(15-28)26(33)19-8-12-24(13-9-19)32-39(2,36)37/h3-13,31-33H,1-2H3/b5-3+,20-4+,26-21+. The van der Waals surface area contributed by atoms with E-state index in [4.69, 9.17) is 0 Å². The molecule has 2 rings (SSSR count). The molecule has 0 amide bonds. The summed E-state index contributed by atoms with van der Waals surface area (Å²) in [5, 5.41) is 48.7. The van der Waals surface area contributed by atoms with Crippen LogP contribution in [0.25, 0.3) is 11.3 Å². The zero-order chi connectivity index (χ0) is 29.2. The van der Waals surface area contributed by atoms with E-state index >= 15 is 0 Å². The smallest absolute Gasteiger partial charge is 0.229 e. The minimum absolute atomic E-state index is 0.0151. The second-order valence-corrected chi connectivity index (χ2v) is 11.3. The van der Waals surface area contributed by atoms with Crippen LogP contribution in [0.5, 0.6) is 0 Å². The zero-order valence-corrected chi connectivity index (χ0v) is 22.2. The Hall–Kier alpha value is -5.34. The molecule has 0 aliphatic carbocycles. The molecular formula is C26H20N6O5S2. The Morgan fingerprint density at radius 3 is 1.59 bits per heavy atom. The van der Waals surface area contributed by atoms with Gasteiger partial charge in [0.25, 0.3) is 0 Å². The normalized spacial score (nSPS) is 12.2. The van der Waals surface area contributed by atoms with Gasteiger partial charge in [0.15, 0.2) is 0 Å². The lowest BCUT2D eigenvalue weighted by Crippen LogP contribution is -2.09. The van der Waals surface area contributed by atoms with Gasteiger partial charge in [-0.15, -0.1) is 0 Å². The maximum atomic E-state index is 11.4. The van der Waals surface area contributed by atoms with Crippen molar-refractivity contribution >= 4 is 42.8 Å². The van der Waals surface area contributed by atoms with Crippen LogP contribution >= 0.6 is 0 Å². The van der Waals surface area contributed by atoms with Gasteiger partial charge in [0.1, 0.15) is 29.5 Å². The van der Waals surface area contributed by atoms with Crippen molar-refractivity contribution in [2.45, 2.75) is 0 Å². The zero-order valence-electron chi connectivity index (χ0n) is 20.5. The van der Waals surface area contributed by atoms with Crippen LogP contribution in [0.2, 0.25) is 0 Å². The monoisotopic (exact) mass is 560 g/mol. The molecule has 196 valence electrons. The predicted molar refractivity (Wildman–Crippen MR) is 146 cm³/mol. The number of hydrogen-bond donors (Lipinski definition) is 3. The van der Waals surface area contributed by atoms with Crippen LogP contribution in [0.4, 0.5) is 11.4 Å². The summed E-state index contributed by atoms with van der Waals surface area (Å²) in [5.41, 5.74) is 0.318. The molecule has 0 saturated carbocycles. The van der Waals surface area contributed by atoms with E-state index in [9.17, 15) is 43.0 Å². The number of hydrogen-bond acceptors (Lipinski definition) is 9. The molecule has 0 atom stereocenters. The lowest BCUT2D eigenvalue weighted by molar-refractivity contribution is 0.509. The fourth-order valence-electron chi connectivity index (χ4n) is 3.14. The number of benzene rings is 2. The van der Waals surface area contributed by atoms with Crippen LogP contribution in [-0.4, -0.2) is 34.5 Å². The van der Waals surface area contributed by atoms with Crippen LogP contribution in [0, 0.1) is 45.3 Å². The third kappa shape index (κ3) is 8.92. The van der Waals surface area contributed by atoms with Crippen molar-refractivity contribution in [1.82, 2.24) is 0 Å². The van der Waals surface area contributed by atoms with E-state index in [1.54, 1.807) is 12.1 Å². The van der Waals surface area contributed by atoms with Crippen molar-refractivity contribution in [3.8, 4) is 24.3 Å². The molecule has 11 nitrogen and oxygen atoms in total. The molecule has 0 aliphatic rings. The SMILES string of the molecule is CS(=O)(=O)Nc1ccc(C(=C(C#N)C#N)/C(C#N)=C/C=C/C(C#N)=C(\O)c2ccc(NS(C)(=O)=O)cc2)cc1. The average Bonchev–Trinajstić information content (AvgIpc) is 2.87.